The summed E-state index contributed by atoms with van der Waals surface area (Å²) in [6.45, 7) is 1.75. The predicted molar refractivity (Wildman–Crippen MR) is 89.8 cm³/mol. The first-order valence-electron chi connectivity index (χ1n) is 6.39. The predicted octanol–water partition coefficient (Wildman–Crippen LogP) is 2.98. The van der Waals surface area contributed by atoms with Crippen LogP contribution in [0.15, 0.2) is 28.1 Å². The molecule has 3 rings (SSSR count). The van der Waals surface area contributed by atoms with Gasteiger partial charge >= 0.3 is 0 Å². The van der Waals surface area contributed by atoms with Crippen LogP contribution in [-0.2, 0) is 19.5 Å². The van der Waals surface area contributed by atoms with Crippen molar-refractivity contribution in [3.8, 4) is 0 Å². The minimum atomic E-state index is -0.00780. The average Bonchev–Trinajstić information content (AvgIpc) is 2.95. The Labute approximate surface area is 141 Å². The van der Waals surface area contributed by atoms with Crippen molar-refractivity contribution in [2.75, 3.05) is 6.54 Å². The van der Waals surface area contributed by atoms with Crippen molar-refractivity contribution in [2.45, 2.75) is 19.5 Å². The molecule has 2 aromatic rings. The van der Waals surface area contributed by atoms with Gasteiger partial charge in [-0.2, -0.15) is 0 Å². The molecule has 21 heavy (non-hydrogen) atoms. The Morgan fingerprint density at radius 3 is 3.00 bits per heavy atom. The number of hydrogen-bond donors (Lipinski definition) is 1. The van der Waals surface area contributed by atoms with Gasteiger partial charge in [0.1, 0.15) is 10.7 Å². The molecular formula is C14H15BrClN3OS. The molecule has 0 saturated heterocycles. The highest BCUT2D eigenvalue weighted by Crippen LogP contribution is 2.27. The highest BCUT2D eigenvalue weighted by molar-refractivity contribution is 9.10. The van der Waals surface area contributed by atoms with Gasteiger partial charge in [-0.1, -0.05) is 28.1 Å². The number of carbonyl (C=O) groups is 1. The first-order chi connectivity index (χ1) is 9.69. The summed E-state index contributed by atoms with van der Waals surface area (Å²) in [5.41, 5.74) is 8.55. The van der Waals surface area contributed by atoms with E-state index >= 15 is 0 Å². The lowest BCUT2D eigenvalue weighted by Crippen LogP contribution is -2.36. The Balaban J connectivity index is 0.00000161. The number of carbonyl (C=O) groups excluding carboxylic acids is 1. The standard InChI is InChI=1S/C14H14BrN3OS.ClH/c15-11-3-1-2-9-7-18(5-4-10(9)11)14(19)12-8-20-13(6-16)17-12;/h1-3,8H,4-7,16H2;1H. The number of nitrogens with two attached hydrogens (primary N) is 1. The average molecular weight is 389 g/mol. The molecule has 0 saturated carbocycles. The van der Waals surface area contributed by atoms with Crippen molar-refractivity contribution >= 4 is 45.6 Å². The minimum Gasteiger partial charge on any atom is -0.333 e. The summed E-state index contributed by atoms with van der Waals surface area (Å²) < 4.78 is 1.13. The zero-order valence-corrected chi connectivity index (χ0v) is 14.4. The smallest absolute Gasteiger partial charge is 0.273 e. The number of fused-ring (bicyclic) bond motifs is 1. The Kier molecular flexibility index (Phi) is 5.37. The normalized spacial score (nSPS) is 13.5. The second kappa shape index (κ2) is 6.87. The SMILES string of the molecule is Cl.NCc1nc(C(=O)N2CCc3c(Br)cccc3C2)cs1. The Morgan fingerprint density at radius 2 is 2.29 bits per heavy atom. The van der Waals surface area contributed by atoms with E-state index in [2.05, 4.69) is 27.0 Å². The summed E-state index contributed by atoms with van der Waals surface area (Å²) in [5, 5.41) is 2.59. The van der Waals surface area contributed by atoms with E-state index in [9.17, 15) is 4.79 Å². The van der Waals surface area contributed by atoms with E-state index in [1.54, 1.807) is 5.38 Å². The fourth-order valence-corrected chi connectivity index (χ4v) is 3.66. The van der Waals surface area contributed by atoms with Gasteiger partial charge in [0.05, 0.1) is 0 Å². The largest absolute Gasteiger partial charge is 0.333 e. The Morgan fingerprint density at radius 1 is 1.48 bits per heavy atom. The van der Waals surface area contributed by atoms with Crippen molar-refractivity contribution in [1.82, 2.24) is 9.88 Å². The number of rotatable bonds is 2. The van der Waals surface area contributed by atoms with Gasteiger partial charge in [-0.3, -0.25) is 4.79 Å². The lowest BCUT2D eigenvalue weighted by Gasteiger charge is -2.29. The second-order valence-electron chi connectivity index (χ2n) is 4.68. The zero-order chi connectivity index (χ0) is 14.1. The van der Waals surface area contributed by atoms with Gasteiger partial charge in [-0.15, -0.1) is 23.7 Å². The van der Waals surface area contributed by atoms with Crippen LogP contribution in [-0.4, -0.2) is 22.3 Å². The van der Waals surface area contributed by atoms with E-state index in [-0.39, 0.29) is 18.3 Å². The molecule has 0 bridgehead atoms. The number of hydrogen-bond acceptors (Lipinski definition) is 4. The van der Waals surface area contributed by atoms with Gasteiger partial charge in [0.25, 0.3) is 5.91 Å². The van der Waals surface area contributed by atoms with Gasteiger partial charge in [0.15, 0.2) is 0 Å². The van der Waals surface area contributed by atoms with E-state index < -0.39 is 0 Å². The number of thiazole rings is 1. The molecule has 0 aliphatic carbocycles. The van der Waals surface area contributed by atoms with Crippen LogP contribution in [0.1, 0.15) is 26.6 Å². The quantitative estimate of drug-likeness (QED) is 0.860. The van der Waals surface area contributed by atoms with Gasteiger partial charge in [0.2, 0.25) is 0 Å². The number of aromatic nitrogens is 1. The van der Waals surface area contributed by atoms with Crippen LogP contribution in [0.5, 0.6) is 0 Å². The molecule has 0 unspecified atom stereocenters. The lowest BCUT2D eigenvalue weighted by molar-refractivity contribution is 0.0729. The van der Waals surface area contributed by atoms with Crippen LogP contribution in [0.25, 0.3) is 0 Å². The number of nitrogens with zero attached hydrogens (tertiary/aromatic N) is 2. The van der Waals surface area contributed by atoms with Crippen LogP contribution in [0.2, 0.25) is 0 Å². The van der Waals surface area contributed by atoms with Gasteiger partial charge in [-0.05, 0) is 23.6 Å². The van der Waals surface area contributed by atoms with Crippen molar-refractivity contribution in [2.24, 2.45) is 5.73 Å². The van der Waals surface area contributed by atoms with E-state index in [1.165, 1.54) is 22.5 Å². The number of halogens is 2. The lowest BCUT2D eigenvalue weighted by atomic mass is 10.00. The summed E-state index contributed by atoms with van der Waals surface area (Å²) >= 11 is 5.01. The maximum Gasteiger partial charge on any atom is 0.273 e. The molecule has 1 aliphatic heterocycles. The molecule has 1 aliphatic rings. The fourth-order valence-electron chi connectivity index (χ4n) is 2.40. The van der Waals surface area contributed by atoms with E-state index in [0.29, 0.717) is 18.8 Å². The van der Waals surface area contributed by atoms with E-state index in [4.69, 9.17) is 5.73 Å². The maximum absolute atomic E-state index is 12.4. The summed E-state index contributed by atoms with van der Waals surface area (Å²) in [6, 6.07) is 6.13. The minimum absolute atomic E-state index is 0. The molecule has 1 aromatic heterocycles. The molecule has 7 heteroatoms. The van der Waals surface area contributed by atoms with Gasteiger partial charge < -0.3 is 10.6 Å². The highest BCUT2D eigenvalue weighted by atomic mass is 79.9. The second-order valence-corrected chi connectivity index (χ2v) is 6.48. The molecule has 0 fully saturated rings. The molecule has 1 amide bonds. The first kappa shape index (κ1) is 16.4. The molecule has 2 N–H and O–H groups in total. The highest BCUT2D eigenvalue weighted by Gasteiger charge is 2.24. The van der Waals surface area contributed by atoms with Crippen molar-refractivity contribution in [1.29, 1.82) is 0 Å². The van der Waals surface area contributed by atoms with E-state index in [1.807, 2.05) is 17.0 Å². The summed E-state index contributed by atoms with van der Waals surface area (Å²) in [4.78, 5) is 18.6. The third kappa shape index (κ3) is 3.29. The first-order valence-corrected chi connectivity index (χ1v) is 8.06. The molecule has 0 radical (unpaired) electrons. The fraction of sp³-hybridized carbons (Fsp3) is 0.286. The number of benzene rings is 1. The summed E-state index contributed by atoms with van der Waals surface area (Å²) in [5.74, 6) is -0.00780. The Hall–Kier alpha value is -0.950. The summed E-state index contributed by atoms with van der Waals surface area (Å²) in [7, 11) is 0. The van der Waals surface area contributed by atoms with Crippen LogP contribution in [0.4, 0.5) is 0 Å². The third-order valence-electron chi connectivity index (χ3n) is 3.44. The molecule has 112 valence electrons. The Bertz CT molecular complexity index is 661. The van der Waals surface area contributed by atoms with E-state index in [0.717, 1.165) is 22.4 Å². The van der Waals surface area contributed by atoms with Crippen LogP contribution >= 0.6 is 39.7 Å². The molecule has 4 nitrogen and oxygen atoms in total. The van der Waals surface area contributed by atoms with Crippen LogP contribution < -0.4 is 5.73 Å². The van der Waals surface area contributed by atoms with Crippen molar-refractivity contribution in [3.63, 3.8) is 0 Å². The van der Waals surface area contributed by atoms with Crippen molar-refractivity contribution < 1.29 is 4.79 Å². The summed E-state index contributed by atoms with van der Waals surface area (Å²) in [6.07, 6.45) is 0.871. The van der Waals surface area contributed by atoms with Crippen LogP contribution in [0, 0.1) is 0 Å². The molecule has 0 atom stereocenters. The van der Waals surface area contributed by atoms with Crippen LogP contribution in [0.3, 0.4) is 0 Å². The molecular weight excluding hydrogens is 374 g/mol. The number of amides is 1. The molecule has 0 spiro atoms. The maximum atomic E-state index is 12.4. The van der Waals surface area contributed by atoms with Gasteiger partial charge in [-0.25, -0.2) is 4.98 Å². The van der Waals surface area contributed by atoms with Crippen molar-refractivity contribution in [3.05, 3.63) is 49.9 Å². The molecule has 1 aromatic carbocycles. The third-order valence-corrected chi connectivity index (χ3v) is 5.06. The monoisotopic (exact) mass is 387 g/mol. The van der Waals surface area contributed by atoms with Gasteiger partial charge in [0, 0.05) is 29.5 Å². The molecule has 2 heterocycles. The zero-order valence-electron chi connectivity index (χ0n) is 11.2. The topological polar surface area (TPSA) is 59.2 Å².